The molecule has 1 aliphatic rings. The molecule has 1 heterocycles. The van der Waals surface area contributed by atoms with Crippen molar-refractivity contribution in [2.24, 2.45) is 0 Å². The fraction of sp³-hybridized carbons (Fsp3) is 0.333. The molecule has 0 unspecified atom stereocenters. The average molecular weight is 450 g/mol. The smallest absolute Gasteiger partial charge is 0.378 e. The van der Waals surface area contributed by atoms with Crippen molar-refractivity contribution in [2.45, 2.75) is 25.4 Å². The lowest BCUT2D eigenvalue weighted by molar-refractivity contribution is -0.384. The van der Waals surface area contributed by atoms with E-state index < -0.39 is 22.4 Å². The number of rotatable bonds is 7. The molecule has 2 amide bonds. The number of nitro groups is 1. The molecule has 0 bridgehead atoms. The first kappa shape index (κ1) is 23.0. The van der Waals surface area contributed by atoms with E-state index in [1.807, 2.05) is 0 Å². The molecular weight excluding hydrogens is 429 g/mol. The lowest BCUT2D eigenvalue weighted by atomic mass is 10.1. The third kappa shape index (κ3) is 5.54. The third-order valence-electron chi connectivity index (χ3n) is 5.01. The van der Waals surface area contributed by atoms with Gasteiger partial charge in [0.25, 0.3) is 11.6 Å². The van der Waals surface area contributed by atoms with Gasteiger partial charge < -0.3 is 15.5 Å². The zero-order chi connectivity index (χ0) is 23.3. The first-order chi connectivity index (χ1) is 15.2. The second kappa shape index (κ2) is 9.67. The molecule has 0 saturated carbocycles. The number of anilines is 2. The molecule has 3 rings (SSSR count). The summed E-state index contributed by atoms with van der Waals surface area (Å²) in [7, 11) is 0. The van der Waals surface area contributed by atoms with Gasteiger partial charge >= 0.3 is 6.18 Å². The number of piperidine rings is 1. The molecule has 2 aromatic rings. The van der Waals surface area contributed by atoms with Crippen LogP contribution in [-0.2, 0) is 11.0 Å². The van der Waals surface area contributed by atoms with E-state index in [1.54, 1.807) is 29.2 Å². The summed E-state index contributed by atoms with van der Waals surface area (Å²) in [6, 6.07) is 8.80. The number of halogens is 3. The van der Waals surface area contributed by atoms with Crippen molar-refractivity contribution in [3.63, 3.8) is 0 Å². The number of alkyl halides is 3. The molecule has 2 aromatic carbocycles. The molecule has 0 spiro atoms. The van der Waals surface area contributed by atoms with E-state index in [0.717, 1.165) is 30.7 Å². The number of nitro benzene ring substituents is 1. The Balaban J connectivity index is 1.54. The van der Waals surface area contributed by atoms with Gasteiger partial charge in [-0.2, -0.15) is 13.2 Å². The van der Waals surface area contributed by atoms with Crippen LogP contribution in [0.1, 0.15) is 35.2 Å². The molecule has 1 aliphatic heterocycles. The molecule has 32 heavy (non-hydrogen) atoms. The Hall–Kier alpha value is -3.63. The summed E-state index contributed by atoms with van der Waals surface area (Å²) >= 11 is 0. The van der Waals surface area contributed by atoms with Crippen molar-refractivity contribution < 1.29 is 27.7 Å². The van der Waals surface area contributed by atoms with Gasteiger partial charge in [0, 0.05) is 43.4 Å². The molecule has 0 atom stereocenters. The van der Waals surface area contributed by atoms with E-state index in [2.05, 4.69) is 10.6 Å². The Bertz CT molecular complexity index is 1010. The SMILES string of the molecule is O=C(NCCNc1ccc(C(F)(F)F)cc1[N+](=O)[O-])c1ccc(N2CCCCC2=O)cc1. The summed E-state index contributed by atoms with van der Waals surface area (Å²) in [6.45, 7) is 0.799. The predicted octanol–water partition coefficient (Wildman–Crippen LogP) is 3.97. The highest BCUT2D eigenvalue weighted by atomic mass is 19.4. The lowest BCUT2D eigenvalue weighted by Gasteiger charge is -2.26. The molecule has 11 heteroatoms. The zero-order valence-electron chi connectivity index (χ0n) is 16.9. The van der Waals surface area contributed by atoms with Crippen LogP contribution in [0.4, 0.5) is 30.2 Å². The standard InChI is InChI=1S/C21H21F3N4O4/c22-21(23,24)15-6-9-17(18(13-15)28(31)32)25-10-11-26-20(30)14-4-7-16(8-5-14)27-12-2-1-3-19(27)29/h4-9,13,25H,1-3,10-12H2,(H,26,30). The Morgan fingerprint density at radius 1 is 1.09 bits per heavy atom. The Kier molecular flexibility index (Phi) is 6.96. The van der Waals surface area contributed by atoms with Crippen LogP contribution >= 0.6 is 0 Å². The second-order valence-electron chi connectivity index (χ2n) is 7.22. The van der Waals surface area contributed by atoms with Crippen molar-refractivity contribution in [2.75, 3.05) is 29.9 Å². The second-order valence-corrected chi connectivity index (χ2v) is 7.22. The van der Waals surface area contributed by atoms with Crippen LogP contribution in [0.3, 0.4) is 0 Å². The van der Waals surface area contributed by atoms with Crippen LogP contribution in [0, 0.1) is 10.1 Å². The number of nitrogens with one attached hydrogen (secondary N) is 2. The Morgan fingerprint density at radius 3 is 2.44 bits per heavy atom. The largest absolute Gasteiger partial charge is 0.416 e. The van der Waals surface area contributed by atoms with Crippen LogP contribution in [0.2, 0.25) is 0 Å². The lowest BCUT2D eigenvalue weighted by Crippen LogP contribution is -2.35. The molecular formula is C21H21F3N4O4. The first-order valence-corrected chi connectivity index (χ1v) is 9.95. The maximum Gasteiger partial charge on any atom is 0.416 e. The normalized spacial score (nSPS) is 14.2. The van der Waals surface area contributed by atoms with Crippen molar-refractivity contribution in [1.82, 2.24) is 5.32 Å². The number of benzene rings is 2. The number of hydrogen-bond donors (Lipinski definition) is 2. The highest BCUT2D eigenvalue weighted by Crippen LogP contribution is 2.34. The Morgan fingerprint density at radius 2 is 1.81 bits per heavy atom. The molecule has 0 radical (unpaired) electrons. The van der Waals surface area contributed by atoms with Crippen LogP contribution in [0.5, 0.6) is 0 Å². The van der Waals surface area contributed by atoms with Crippen molar-refractivity contribution >= 4 is 28.9 Å². The monoisotopic (exact) mass is 450 g/mol. The van der Waals surface area contributed by atoms with E-state index in [4.69, 9.17) is 0 Å². The van der Waals surface area contributed by atoms with Crippen LogP contribution < -0.4 is 15.5 Å². The summed E-state index contributed by atoms with van der Waals surface area (Å²) in [5.41, 5.74) is -0.791. The topological polar surface area (TPSA) is 105 Å². The van der Waals surface area contributed by atoms with Gasteiger partial charge in [-0.25, -0.2) is 0 Å². The minimum atomic E-state index is -4.69. The predicted molar refractivity (Wildman–Crippen MR) is 112 cm³/mol. The maximum atomic E-state index is 12.8. The average Bonchev–Trinajstić information content (AvgIpc) is 2.76. The fourth-order valence-corrected chi connectivity index (χ4v) is 3.36. The van der Waals surface area contributed by atoms with Gasteiger partial charge in [0.05, 0.1) is 10.5 Å². The van der Waals surface area contributed by atoms with Crippen LogP contribution in [0.15, 0.2) is 42.5 Å². The number of nitrogens with zero attached hydrogens (tertiary/aromatic N) is 2. The first-order valence-electron chi connectivity index (χ1n) is 9.95. The quantitative estimate of drug-likeness (QED) is 0.377. The minimum absolute atomic E-state index is 0.0527. The van der Waals surface area contributed by atoms with E-state index >= 15 is 0 Å². The number of hydrogen-bond acceptors (Lipinski definition) is 5. The van der Waals surface area contributed by atoms with E-state index in [-0.39, 0.29) is 30.6 Å². The summed E-state index contributed by atoms with van der Waals surface area (Å²) < 4.78 is 38.3. The third-order valence-corrected chi connectivity index (χ3v) is 5.01. The molecule has 0 aromatic heterocycles. The molecule has 2 N–H and O–H groups in total. The minimum Gasteiger partial charge on any atom is -0.378 e. The van der Waals surface area contributed by atoms with Gasteiger partial charge in [-0.15, -0.1) is 0 Å². The van der Waals surface area contributed by atoms with Crippen LogP contribution in [-0.4, -0.2) is 36.4 Å². The van der Waals surface area contributed by atoms with Gasteiger partial charge in [-0.1, -0.05) is 0 Å². The highest BCUT2D eigenvalue weighted by Gasteiger charge is 2.33. The zero-order valence-corrected chi connectivity index (χ0v) is 16.9. The molecule has 8 nitrogen and oxygen atoms in total. The summed E-state index contributed by atoms with van der Waals surface area (Å²) in [5.74, 6) is -0.331. The van der Waals surface area contributed by atoms with Gasteiger partial charge in [-0.3, -0.25) is 19.7 Å². The molecule has 170 valence electrons. The van der Waals surface area contributed by atoms with Crippen molar-refractivity contribution in [1.29, 1.82) is 0 Å². The van der Waals surface area contributed by atoms with Crippen molar-refractivity contribution in [3.8, 4) is 0 Å². The maximum absolute atomic E-state index is 12.8. The Labute approximate surface area is 181 Å². The van der Waals surface area contributed by atoms with E-state index in [0.29, 0.717) is 24.6 Å². The van der Waals surface area contributed by atoms with Gasteiger partial charge in [0.1, 0.15) is 5.69 Å². The van der Waals surface area contributed by atoms with Crippen LogP contribution in [0.25, 0.3) is 0 Å². The molecule has 1 saturated heterocycles. The van der Waals surface area contributed by atoms with Crippen molar-refractivity contribution in [3.05, 3.63) is 63.7 Å². The summed E-state index contributed by atoms with van der Waals surface area (Å²) in [5, 5.41) is 16.4. The number of carbonyl (C=O) groups excluding carboxylic acids is 2. The van der Waals surface area contributed by atoms with E-state index in [9.17, 15) is 32.9 Å². The fourth-order valence-electron chi connectivity index (χ4n) is 3.36. The number of carbonyl (C=O) groups is 2. The van der Waals surface area contributed by atoms with E-state index in [1.165, 1.54) is 0 Å². The number of amides is 2. The molecule has 1 fully saturated rings. The van der Waals surface area contributed by atoms with Gasteiger partial charge in [0.15, 0.2) is 0 Å². The summed E-state index contributed by atoms with van der Waals surface area (Å²) in [4.78, 5) is 36.1. The van der Waals surface area contributed by atoms with Gasteiger partial charge in [0.2, 0.25) is 5.91 Å². The summed E-state index contributed by atoms with van der Waals surface area (Å²) in [6.07, 6.45) is -2.38. The highest BCUT2D eigenvalue weighted by molar-refractivity contribution is 5.97. The molecule has 0 aliphatic carbocycles. The van der Waals surface area contributed by atoms with Gasteiger partial charge in [-0.05, 0) is 49.2 Å².